The third kappa shape index (κ3) is 4.84. The van der Waals surface area contributed by atoms with Crippen molar-refractivity contribution in [3.8, 4) is 17.4 Å². The lowest BCUT2D eigenvalue weighted by molar-refractivity contribution is 0.0996. The zero-order valence-corrected chi connectivity index (χ0v) is 22.1. The Morgan fingerprint density at radius 3 is 1.86 bits per heavy atom. The summed E-state index contributed by atoms with van der Waals surface area (Å²) in [5, 5.41) is 19.0. The molecule has 180 valence electrons. The summed E-state index contributed by atoms with van der Waals surface area (Å²) in [6.45, 7) is 0. The summed E-state index contributed by atoms with van der Waals surface area (Å²) in [5.41, 5.74) is 8.94. The number of nitriles is 1. The van der Waals surface area contributed by atoms with E-state index in [1.165, 1.54) is 0 Å². The van der Waals surface area contributed by atoms with E-state index in [0.717, 1.165) is 25.7 Å². The van der Waals surface area contributed by atoms with Crippen LogP contribution in [-0.2, 0) is 0 Å². The Bertz CT molecular complexity index is 1820. The van der Waals surface area contributed by atoms with Crippen LogP contribution in [0.15, 0.2) is 94.1 Å². The van der Waals surface area contributed by atoms with Gasteiger partial charge in [0.25, 0.3) is 5.91 Å². The van der Waals surface area contributed by atoms with Crippen LogP contribution < -0.4 is 5.73 Å². The summed E-state index contributed by atoms with van der Waals surface area (Å²) in [7, 11) is 0. The fourth-order valence-corrected chi connectivity index (χ4v) is 4.52. The van der Waals surface area contributed by atoms with Crippen LogP contribution in [0.2, 0.25) is 0 Å². The molecule has 37 heavy (non-hydrogen) atoms. The Balaban J connectivity index is 0.000000152. The molecule has 0 aliphatic rings. The van der Waals surface area contributed by atoms with Crippen LogP contribution in [-0.4, -0.2) is 35.4 Å². The molecule has 0 saturated carbocycles. The third-order valence-electron chi connectivity index (χ3n) is 5.33. The van der Waals surface area contributed by atoms with Gasteiger partial charge in [0, 0.05) is 21.3 Å². The highest BCUT2D eigenvalue weighted by atomic mass is 79.9. The van der Waals surface area contributed by atoms with Gasteiger partial charge < -0.3 is 5.73 Å². The number of rotatable bonds is 3. The highest BCUT2D eigenvalue weighted by molar-refractivity contribution is 9.10. The molecule has 0 unspecified atom stereocenters. The second-order valence-electron chi connectivity index (χ2n) is 7.71. The van der Waals surface area contributed by atoms with Gasteiger partial charge >= 0.3 is 0 Å². The number of pyridine rings is 2. The number of nitrogens with two attached hydrogens (primary N) is 1. The van der Waals surface area contributed by atoms with Gasteiger partial charge in [-0.05, 0) is 60.7 Å². The average Bonchev–Trinajstić information content (AvgIpc) is 3.48. The zero-order valence-electron chi connectivity index (χ0n) is 19.0. The van der Waals surface area contributed by atoms with Gasteiger partial charge in [0.2, 0.25) is 0 Å². The number of aromatic nitrogens is 6. The number of hydrogen-bond donors (Lipinski definition) is 1. The molecular formula is C26H16Br2N8O. The number of hydrogen-bond acceptors (Lipinski definition) is 6. The minimum Gasteiger partial charge on any atom is -0.364 e. The van der Waals surface area contributed by atoms with Crippen molar-refractivity contribution in [2.24, 2.45) is 5.73 Å². The third-order valence-corrected chi connectivity index (χ3v) is 6.32. The summed E-state index contributed by atoms with van der Waals surface area (Å²) >= 11 is 6.83. The van der Waals surface area contributed by atoms with Gasteiger partial charge in [0.1, 0.15) is 6.07 Å². The van der Waals surface area contributed by atoms with Crippen LogP contribution in [0.3, 0.4) is 0 Å². The molecule has 4 aromatic heterocycles. The first kappa shape index (κ1) is 24.3. The summed E-state index contributed by atoms with van der Waals surface area (Å²) in [6, 6.07) is 24.6. The molecule has 0 atom stereocenters. The van der Waals surface area contributed by atoms with Crippen molar-refractivity contribution < 1.29 is 4.79 Å². The van der Waals surface area contributed by atoms with E-state index < -0.39 is 5.91 Å². The van der Waals surface area contributed by atoms with Gasteiger partial charge in [-0.25, -0.2) is 19.3 Å². The molecule has 9 nitrogen and oxygen atoms in total. The van der Waals surface area contributed by atoms with Gasteiger partial charge in [-0.15, -0.1) is 0 Å². The van der Waals surface area contributed by atoms with Crippen LogP contribution in [0, 0.1) is 11.3 Å². The van der Waals surface area contributed by atoms with E-state index in [1.807, 2.05) is 54.6 Å². The maximum absolute atomic E-state index is 11.4. The lowest BCUT2D eigenvalue weighted by atomic mass is 10.2. The molecule has 6 aromatic rings. The lowest BCUT2D eigenvalue weighted by Gasteiger charge is -2.02. The maximum Gasteiger partial charge on any atom is 0.269 e. The predicted octanol–water partition coefficient (Wildman–Crippen LogP) is 5.34. The number of amides is 1. The Morgan fingerprint density at radius 1 is 0.784 bits per heavy atom. The average molecular weight is 616 g/mol. The van der Waals surface area contributed by atoms with Gasteiger partial charge in [-0.3, -0.25) is 4.79 Å². The van der Waals surface area contributed by atoms with Gasteiger partial charge in [0.05, 0.1) is 22.1 Å². The van der Waals surface area contributed by atoms with Crippen molar-refractivity contribution in [3.63, 3.8) is 0 Å². The Morgan fingerprint density at radius 2 is 1.32 bits per heavy atom. The Hall–Kier alpha value is -4.40. The second kappa shape index (κ2) is 10.3. The van der Waals surface area contributed by atoms with E-state index in [1.54, 1.807) is 40.0 Å². The quantitative estimate of drug-likeness (QED) is 0.286. The molecule has 0 aliphatic heterocycles. The van der Waals surface area contributed by atoms with Crippen molar-refractivity contribution in [2.75, 3.05) is 0 Å². The predicted molar refractivity (Wildman–Crippen MR) is 146 cm³/mol. The van der Waals surface area contributed by atoms with Crippen molar-refractivity contribution in [1.82, 2.24) is 29.5 Å². The molecule has 1 amide bonds. The van der Waals surface area contributed by atoms with Crippen molar-refractivity contribution >= 4 is 59.8 Å². The number of carbonyl (C=O) groups excluding carboxylic acids is 1. The summed E-state index contributed by atoms with van der Waals surface area (Å²) in [6.07, 6.45) is 3.35. The smallest absolute Gasteiger partial charge is 0.269 e. The first-order valence-electron chi connectivity index (χ1n) is 10.9. The molecular weight excluding hydrogens is 600 g/mol. The molecule has 0 aliphatic carbocycles. The SMILES string of the molecule is N#Cc1nn(-c2cccc(Br)c2)c2ncccc12.NC(=O)c1nn(-c2cccc(Br)c2)c2ncccc12. The molecule has 0 bridgehead atoms. The standard InChI is InChI=1S/C13H9BrN4O.C13H7BrN4/c14-8-3-1-4-9(7-8)18-13-10(5-2-6-16-13)11(17-18)12(15)19;14-9-3-1-4-10(7-9)18-13-11(5-2-6-16-13)12(8-15)17-18/h1-7H,(H2,15,19);1-7H. The van der Waals surface area contributed by atoms with E-state index in [0.29, 0.717) is 22.4 Å². The number of primary amides is 1. The van der Waals surface area contributed by atoms with Gasteiger partial charge in [0.15, 0.2) is 22.7 Å². The Labute approximate surface area is 227 Å². The van der Waals surface area contributed by atoms with Crippen LogP contribution in [0.5, 0.6) is 0 Å². The summed E-state index contributed by atoms with van der Waals surface area (Å²) in [5.74, 6) is -0.563. The first-order valence-corrected chi connectivity index (χ1v) is 12.4. The van der Waals surface area contributed by atoms with Crippen LogP contribution in [0.4, 0.5) is 0 Å². The van der Waals surface area contributed by atoms with E-state index in [-0.39, 0.29) is 5.69 Å². The van der Waals surface area contributed by atoms with E-state index in [2.05, 4.69) is 58.1 Å². The number of carbonyl (C=O) groups is 1. The van der Waals surface area contributed by atoms with Gasteiger partial charge in [-0.1, -0.05) is 44.0 Å². The van der Waals surface area contributed by atoms with Crippen molar-refractivity contribution in [3.05, 3.63) is 106 Å². The number of halogens is 2. The van der Waals surface area contributed by atoms with E-state index in [9.17, 15) is 4.79 Å². The summed E-state index contributed by atoms with van der Waals surface area (Å²) < 4.78 is 5.17. The van der Waals surface area contributed by atoms with Crippen LogP contribution in [0.1, 0.15) is 16.2 Å². The van der Waals surface area contributed by atoms with Crippen molar-refractivity contribution in [2.45, 2.75) is 0 Å². The second-order valence-corrected chi connectivity index (χ2v) is 9.54. The molecule has 6 rings (SSSR count). The van der Waals surface area contributed by atoms with E-state index in [4.69, 9.17) is 11.0 Å². The normalized spacial score (nSPS) is 10.6. The molecule has 0 saturated heterocycles. The zero-order chi connectivity index (χ0) is 25.9. The van der Waals surface area contributed by atoms with Crippen LogP contribution in [0.25, 0.3) is 33.4 Å². The summed E-state index contributed by atoms with van der Waals surface area (Å²) in [4.78, 5) is 20.0. The molecule has 0 fully saturated rings. The molecule has 2 aromatic carbocycles. The monoisotopic (exact) mass is 614 g/mol. The molecule has 2 N–H and O–H groups in total. The minimum atomic E-state index is -0.563. The number of fused-ring (bicyclic) bond motifs is 2. The van der Waals surface area contributed by atoms with Gasteiger partial charge in [-0.2, -0.15) is 15.5 Å². The Kier molecular flexibility index (Phi) is 6.76. The first-order chi connectivity index (χ1) is 18.0. The lowest BCUT2D eigenvalue weighted by Crippen LogP contribution is -2.12. The number of nitrogens with zero attached hydrogens (tertiary/aromatic N) is 7. The minimum absolute atomic E-state index is 0.225. The highest BCUT2D eigenvalue weighted by Crippen LogP contribution is 2.23. The fraction of sp³-hybridized carbons (Fsp3) is 0. The fourth-order valence-electron chi connectivity index (χ4n) is 3.74. The molecule has 0 spiro atoms. The van der Waals surface area contributed by atoms with Crippen LogP contribution >= 0.6 is 31.9 Å². The molecule has 11 heteroatoms. The van der Waals surface area contributed by atoms with E-state index >= 15 is 0 Å². The highest BCUT2D eigenvalue weighted by Gasteiger charge is 2.16. The van der Waals surface area contributed by atoms with Crippen molar-refractivity contribution in [1.29, 1.82) is 5.26 Å². The largest absolute Gasteiger partial charge is 0.364 e. The number of benzene rings is 2. The maximum atomic E-state index is 11.4. The molecule has 0 radical (unpaired) electrons. The molecule has 4 heterocycles. The topological polar surface area (TPSA) is 128 Å².